The Bertz CT molecular complexity index is 431. The lowest BCUT2D eigenvalue weighted by atomic mass is 9.73. The van der Waals surface area contributed by atoms with Crippen LogP contribution < -0.4 is 5.32 Å². The quantitative estimate of drug-likeness (QED) is 0.846. The number of pyridine rings is 1. The molecule has 1 saturated carbocycles. The molecule has 0 spiro atoms. The van der Waals surface area contributed by atoms with Crippen LogP contribution in [0.15, 0.2) is 18.2 Å². The van der Waals surface area contributed by atoms with Gasteiger partial charge in [0, 0.05) is 6.04 Å². The number of rotatable bonds is 2. The van der Waals surface area contributed by atoms with Crippen molar-refractivity contribution in [2.75, 3.05) is 5.32 Å². The van der Waals surface area contributed by atoms with Gasteiger partial charge in [0.25, 0.3) is 0 Å². The Morgan fingerprint density at radius 1 is 1.41 bits per heavy atom. The lowest BCUT2D eigenvalue weighted by molar-refractivity contribution is 0.216. The van der Waals surface area contributed by atoms with Crippen molar-refractivity contribution >= 4 is 5.82 Å². The summed E-state index contributed by atoms with van der Waals surface area (Å²) < 4.78 is 0. The molecule has 0 saturated heterocycles. The predicted molar refractivity (Wildman–Crippen MR) is 68.6 cm³/mol. The van der Waals surface area contributed by atoms with Crippen LogP contribution in [0, 0.1) is 16.7 Å². The molecule has 1 aromatic rings. The van der Waals surface area contributed by atoms with E-state index in [-0.39, 0.29) is 0 Å². The van der Waals surface area contributed by atoms with Crippen LogP contribution in [-0.4, -0.2) is 11.0 Å². The highest BCUT2D eigenvalue weighted by atomic mass is 15.0. The van der Waals surface area contributed by atoms with Crippen molar-refractivity contribution in [2.45, 2.75) is 45.6 Å². The van der Waals surface area contributed by atoms with Gasteiger partial charge in [-0.2, -0.15) is 5.26 Å². The highest BCUT2D eigenvalue weighted by molar-refractivity contribution is 5.39. The van der Waals surface area contributed by atoms with Crippen molar-refractivity contribution in [3.05, 3.63) is 23.9 Å². The lowest BCUT2D eigenvalue weighted by Crippen LogP contribution is -2.39. The zero-order valence-electron chi connectivity index (χ0n) is 10.5. The number of nitrogens with zero attached hydrogens (tertiary/aromatic N) is 2. The van der Waals surface area contributed by atoms with Crippen LogP contribution in [0.1, 0.15) is 45.2 Å². The van der Waals surface area contributed by atoms with Crippen LogP contribution in [0.3, 0.4) is 0 Å². The molecule has 1 unspecified atom stereocenters. The average molecular weight is 229 g/mol. The van der Waals surface area contributed by atoms with E-state index in [2.05, 4.69) is 30.2 Å². The molecule has 0 aliphatic heterocycles. The van der Waals surface area contributed by atoms with Gasteiger partial charge in [0.15, 0.2) is 0 Å². The summed E-state index contributed by atoms with van der Waals surface area (Å²) in [4.78, 5) is 4.28. The van der Waals surface area contributed by atoms with Gasteiger partial charge in [0.2, 0.25) is 0 Å². The van der Waals surface area contributed by atoms with E-state index in [0.717, 1.165) is 5.82 Å². The molecule has 90 valence electrons. The second kappa shape index (κ2) is 4.75. The van der Waals surface area contributed by atoms with Crippen LogP contribution in [0.5, 0.6) is 0 Å². The molecule has 0 radical (unpaired) electrons. The number of anilines is 1. The summed E-state index contributed by atoms with van der Waals surface area (Å²) in [6, 6.07) is 8.08. The third kappa shape index (κ3) is 2.76. The molecule has 1 N–H and O–H groups in total. The summed E-state index contributed by atoms with van der Waals surface area (Å²) >= 11 is 0. The fourth-order valence-electron chi connectivity index (χ4n) is 2.52. The summed E-state index contributed by atoms with van der Waals surface area (Å²) in [7, 11) is 0. The Kier molecular flexibility index (Phi) is 3.33. The summed E-state index contributed by atoms with van der Waals surface area (Å²) in [6.45, 7) is 4.61. The van der Waals surface area contributed by atoms with E-state index < -0.39 is 0 Å². The fourth-order valence-corrected chi connectivity index (χ4v) is 2.52. The Hall–Kier alpha value is -1.56. The lowest BCUT2D eigenvalue weighted by Gasteiger charge is -2.39. The van der Waals surface area contributed by atoms with Gasteiger partial charge in [-0.1, -0.05) is 32.8 Å². The largest absolute Gasteiger partial charge is 0.367 e. The first-order chi connectivity index (χ1) is 8.12. The SMILES string of the molecule is CC1(C)CCCCC1Nc1cccc(C#N)n1. The molecular weight excluding hydrogens is 210 g/mol. The summed E-state index contributed by atoms with van der Waals surface area (Å²) in [5.41, 5.74) is 0.784. The zero-order chi connectivity index (χ0) is 12.3. The third-order valence-corrected chi connectivity index (χ3v) is 3.69. The van der Waals surface area contributed by atoms with Crippen molar-refractivity contribution in [2.24, 2.45) is 5.41 Å². The number of hydrogen-bond acceptors (Lipinski definition) is 3. The minimum Gasteiger partial charge on any atom is -0.367 e. The number of nitriles is 1. The van der Waals surface area contributed by atoms with Crippen LogP contribution in [-0.2, 0) is 0 Å². The van der Waals surface area contributed by atoms with Crippen molar-refractivity contribution in [1.29, 1.82) is 5.26 Å². The average Bonchev–Trinajstić information content (AvgIpc) is 2.32. The molecule has 0 amide bonds. The molecular formula is C14H19N3. The minimum absolute atomic E-state index is 0.308. The summed E-state index contributed by atoms with van der Waals surface area (Å²) in [5.74, 6) is 0.823. The van der Waals surface area contributed by atoms with E-state index in [9.17, 15) is 0 Å². The van der Waals surface area contributed by atoms with Crippen molar-refractivity contribution < 1.29 is 0 Å². The van der Waals surface area contributed by atoms with E-state index in [1.807, 2.05) is 12.1 Å². The maximum absolute atomic E-state index is 8.83. The summed E-state index contributed by atoms with van der Waals surface area (Å²) in [6.07, 6.45) is 5.03. The van der Waals surface area contributed by atoms with E-state index >= 15 is 0 Å². The highest BCUT2D eigenvalue weighted by Gasteiger charge is 2.32. The van der Waals surface area contributed by atoms with Gasteiger partial charge in [-0.05, 0) is 30.4 Å². The number of hydrogen-bond donors (Lipinski definition) is 1. The first-order valence-corrected chi connectivity index (χ1v) is 6.25. The molecule has 1 atom stereocenters. The van der Waals surface area contributed by atoms with Gasteiger partial charge >= 0.3 is 0 Å². The molecule has 1 aliphatic rings. The molecule has 0 bridgehead atoms. The van der Waals surface area contributed by atoms with Gasteiger partial charge < -0.3 is 5.32 Å². The molecule has 3 nitrogen and oxygen atoms in total. The third-order valence-electron chi connectivity index (χ3n) is 3.69. The Balaban J connectivity index is 2.12. The predicted octanol–water partition coefficient (Wildman–Crippen LogP) is 3.33. The topological polar surface area (TPSA) is 48.7 Å². The smallest absolute Gasteiger partial charge is 0.142 e. The molecule has 0 aromatic carbocycles. The monoisotopic (exact) mass is 229 g/mol. The number of nitrogens with one attached hydrogen (secondary N) is 1. The molecule has 1 heterocycles. The maximum Gasteiger partial charge on any atom is 0.142 e. The maximum atomic E-state index is 8.83. The second-order valence-corrected chi connectivity index (χ2v) is 5.45. The van der Waals surface area contributed by atoms with Crippen molar-refractivity contribution in [1.82, 2.24) is 4.98 Å². The first kappa shape index (κ1) is 11.9. The van der Waals surface area contributed by atoms with Gasteiger partial charge in [-0.3, -0.25) is 0 Å². The van der Waals surface area contributed by atoms with Crippen LogP contribution >= 0.6 is 0 Å². The molecule has 1 aromatic heterocycles. The van der Waals surface area contributed by atoms with E-state index in [0.29, 0.717) is 17.2 Å². The molecule has 2 rings (SSSR count). The van der Waals surface area contributed by atoms with Crippen LogP contribution in [0.4, 0.5) is 5.82 Å². The zero-order valence-corrected chi connectivity index (χ0v) is 10.5. The van der Waals surface area contributed by atoms with E-state index in [4.69, 9.17) is 5.26 Å². The first-order valence-electron chi connectivity index (χ1n) is 6.25. The minimum atomic E-state index is 0.308. The Morgan fingerprint density at radius 3 is 2.94 bits per heavy atom. The molecule has 1 aliphatic carbocycles. The molecule has 17 heavy (non-hydrogen) atoms. The van der Waals surface area contributed by atoms with Gasteiger partial charge in [0.05, 0.1) is 0 Å². The van der Waals surface area contributed by atoms with Crippen LogP contribution in [0.25, 0.3) is 0 Å². The van der Waals surface area contributed by atoms with Gasteiger partial charge in [0.1, 0.15) is 17.6 Å². The van der Waals surface area contributed by atoms with E-state index in [1.54, 1.807) is 6.07 Å². The molecule has 1 fully saturated rings. The van der Waals surface area contributed by atoms with E-state index in [1.165, 1.54) is 25.7 Å². The van der Waals surface area contributed by atoms with Gasteiger partial charge in [-0.25, -0.2) is 4.98 Å². The Morgan fingerprint density at radius 2 is 2.24 bits per heavy atom. The van der Waals surface area contributed by atoms with Gasteiger partial charge in [-0.15, -0.1) is 0 Å². The standard InChI is InChI=1S/C14H19N3/c1-14(2)9-4-3-7-12(14)17-13-8-5-6-11(10-15)16-13/h5-6,8,12H,3-4,7,9H2,1-2H3,(H,16,17). The Labute approximate surface area is 103 Å². The summed E-state index contributed by atoms with van der Waals surface area (Å²) in [5, 5.41) is 12.3. The van der Waals surface area contributed by atoms with Crippen molar-refractivity contribution in [3.8, 4) is 6.07 Å². The second-order valence-electron chi connectivity index (χ2n) is 5.45. The fraction of sp³-hybridized carbons (Fsp3) is 0.571. The van der Waals surface area contributed by atoms with Crippen molar-refractivity contribution in [3.63, 3.8) is 0 Å². The highest BCUT2D eigenvalue weighted by Crippen LogP contribution is 2.36. The normalized spacial score (nSPS) is 22.8. The molecule has 3 heteroatoms. The number of aromatic nitrogens is 1. The van der Waals surface area contributed by atoms with Crippen LogP contribution in [0.2, 0.25) is 0 Å².